The third-order valence-electron chi connectivity index (χ3n) is 1.63. The maximum absolute atomic E-state index is 2.33. The Hall–Kier alpha value is 0.557. The van der Waals surface area contributed by atoms with Gasteiger partial charge in [0.05, 0.1) is 0 Å². The summed E-state index contributed by atoms with van der Waals surface area (Å²) >= 11 is 0. The van der Waals surface area contributed by atoms with Gasteiger partial charge in [-0.15, -0.1) is 0 Å². The zero-order chi connectivity index (χ0) is 6.73. The van der Waals surface area contributed by atoms with E-state index in [1.54, 1.807) is 0 Å². The van der Waals surface area contributed by atoms with Crippen molar-refractivity contribution < 1.29 is 20.3 Å². The summed E-state index contributed by atoms with van der Waals surface area (Å²) in [6, 6.07) is 1.35. The van der Waals surface area contributed by atoms with Gasteiger partial charge >= 0.3 is 18.9 Å². The minimum Gasteiger partial charge on any atom is -1.00 e. The molecule has 0 aromatic rings. The minimum absolute atomic E-state index is 0. The van der Waals surface area contributed by atoms with Crippen molar-refractivity contribution in [1.82, 2.24) is 4.90 Å². The van der Waals surface area contributed by atoms with Crippen molar-refractivity contribution in [3.8, 4) is 0 Å². The number of hydrogen-bond acceptors (Lipinski definition) is 1. The molecule has 0 aliphatic carbocycles. The van der Waals surface area contributed by atoms with Gasteiger partial charge in [-0.05, 0) is 34.7 Å². The molecule has 0 aromatic heterocycles. The molecule has 0 aromatic carbocycles. The van der Waals surface area contributed by atoms with Crippen LogP contribution in [-0.2, 0) is 0 Å². The molecule has 0 aliphatic rings. The van der Waals surface area contributed by atoms with Gasteiger partial charge < -0.3 is 6.33 Å². The first-order valence-corrected chi connectivity index (χ1v) is 3.27. The smallest absolute Gasteiger partial charge is 1.00 e. The quantitative estimate of drug-likeness (QED) is 0.419. The molecular formula is C7H18LiN. The first-order chi connectivity index (χ1) is 3.55. The van der Waals surface area contributed by atoms with Crippen molar-refractivity contribution in [2.75, 3.05) is 7.05 Å². The minimum atomic E-state index is 0. The Morgan fingerprint density at radius 1 is 1.00 bits per heavy atom. The van der Waals surface area contributed by atoms with E-state index in [0.717, 1.165) is 0 Å². The average Bonchev–Trinajstić information content (AvgIpc) is 1.64. The van der Waals surface area contributed by atoms with Gasteiger partial charge in [0, 0.05) is 12.1 Å². The fourth-order valence-corrected chi connectivity index (χ4v) is 0.596. The topological polar surface area (TPSA) is 3.24 Å². The maximum atomic E-state index is 2.33. The molecule has 0 fully saturated rings. The van der Waals surface area contributed by atoms with Gasteiger partial charge in [-0.25, -0.2) is 0 Å². The van der Waals surface area contributed by atoms with Crippen LogP contribution in [-0.4, -0.2) is 24.0 Å². The van der Waals surface area contributed by atoms with Gasteiger partial charge in [0.15, 0.2) is 0 Å². The summed E-state index contributed by atoms with van der Waals surface area (Å²) in [5, 5.41) is 0. The zero-order valence-electron chi connectivity index (χ0n) is 8.60. The average molecular weight is 123 g/mol. The molecule has 0 rings (SSSR count). The Morgan fingerprint density at radius 3 is 1.22 bits per heavy atom. The van der Waals surface area contributed by atoms with Gasteiger partial charge in [-0.1, -0.05) is 0 Å². The molecule has 1 nitrogen and oxygen atoms in total. The van der Waals surface area contributed by atoms with E-state index in [-0.39, 0.29) is 20.3 Å². The van der Waals surface area contributed by atoms with Crippen LogP contribution in [0.1, 0.15) is 29.1 Å². The molecular weight excluding hydrogens is 105 g/mol. The Labute approximate surface area is 72.5 Å². The fraction of sp³-hybridized carbons (Fsp3) is 1.00. The molecule has 0 radical (unpaired) electrons. The summed E-state index contributed by atoms with van der Waals surface area (Å²) in [5.74, 6) is 0. The van der Waals surface area contributed by atoms with Crippen LogP contribution in [0.5, 0.6) is 0 Å². The van der Waals surface area contributed by atoms with E-state index in [1.165, 1.54) is 0 Å². The van der Waals surface area contributed by atoms with E-state index < -0.39 is 0 Å². The van der Waals surface area contributed by atoms with Crippen LogP contribution < -0.4 is 18.9 Å². The summed E-state index contributed by atoms with van der Waals surface area (Å²) in [7, 11) is 2.15. The van der Waals surface area contributed by atoms with Crippen LogP contribution in [0.3, 0.4) is 0 Å². The van der Waals surface area contributed by atoms with Gasteiger partial charge in [0.2, 0.25) is 0 Å². The van der Waals surface area contributed by atoms with E-state index in [1.807, 2.05) is 0 Å². The Kier molecular flexibility index (Phi) is 7.29. The molecule has 2 heteroatoms. The molecule has 0 aliphatic heterocycles. The van der Waals surface area contributed by atoms with Gasteiger partial charge in [0.25, 0.3) is 0 Å². The zero-order valence-corrected chi connectivity index (χ0v) is 7.60. The monoisotopic (exact) mass is 123 g/mol. The second kappa shape index (κ2) is 5.35. The Morgan fingerprint density at radius 2 is 1.22 bits per heavy atom. The normalized spacial score (nSPS) is 10.7. The van der Waals surface area contributed by atoms with Gasteiger partial charge in [0.1, 0.15) is 0 Å². The van der Waals surface area contributed by atoms with Crippen LogP contribution in [0.25, 0.3) is 0 Å². The molecule has 0 saturated carbocycles. The van der Waals surface area contributed by atoms with Crippen molar-refractivity contribution in [1.29, 1.82) is 0 Å². The van der Waals surface area contributed by atoms with Crippen LogP contribution in [0.4, 0.5) is 0 Å². The molecule has 0 bridgehead atoms. The molecule has 9 heavy (non-hydrogen) atoms. The van der Waals surface area contributed by atoms with Crippen LogP contribution in [0.15, 0.2) is 0 Å². The molecule has 0 atom stereocenters. The van der Waals surface area contributed by atoms with Crippen molar-refractivity contribution >= 4 is 0 Å². The first kappa shape index (κ1) is 12.3. The molecule has 0 amide bonds. The van der Waals surface area contributed by atoms with Crippen molar-refractivity contribution in [2.24, 2.45) is 0 Å². The molecule has 52 valence electrons. The number of nitrogens with zero attached hydrogens (tertiary/aromatic N) is 1. The van der Waals surface area contributed by atoms with Gasteiger partial charge in [-0.2, -0.15) is 0 Å². The third-order valence-corrected chi connectivity index (χ3v) is 1.63. The summed E-state index contributed by atoms with van der Waals surface area (Å²) in [4.78, 5) is 2.33. The van der Waals surface area contributed by atoms with Gasteiger partial charge in [-0.3, -0.25) is 0 Å². The van der Waals surface area contributed by atoms with E-state index in [0.29, 0.717) is 12.1 Å². The molecule has 0 unspecified atom stereocenters. The number of hydrogen-bond donors (Lipinski definition) is 0. The van der Waals surface area contributed by atoms with E-state index >= 15 is 0 Å². The molecule has 0 heterocycles. The second-order valence-corrected chi connectivity index (χ2v) is 2.85. The van der Waals surface area contributed by atoms with E-state index in [9.17, 15) is 0 Å². The molecule has 0 saturated heterocycles. The predicted octanol–water partition coefficient (Wildman–Crippen LogP) is -1.15. The summed E-state index contributed by atoms with van der Waals surface area (Å²) in [6.45, 7) is 8.83. The second-order valence-electron chi connectivity index (χ2n) is 2.85. The third kappa shape index (κ3) is 5.02. The largest absolute Gasteiger partial charge is 1.00 e. The predicted molar refractivity (Wildman–Crippen MR) is 39.1 cm³/mol. The SMILES string of the molecule is CC(C)N(C)C(C)C.[H-].[Li+]. The number of rotatable bonds is 2. The fourth-order valence-electron chi connectivity index (χ4n) is 0.596. The first-order valence-electron chi connectivity index (χ1n) is 3.27. The Balaban J connectivity index is -0.000000245. The van der Waals surface area contributed by atoms with Crippen molar-refractivity contribution in [3.63, 3.8) is 0 Å². The van der Waals surface area contributed by atoms with E-state index in [4.69, 9.17) is 0 Å². The molecule has 0 N–H and O–H groups in total. The standard InChI is InChI=1S/C7H17N.Li.H/c1-6(2)8(5)7(3)4;;/h6-7H,1-5H3;;/q;+1;-1. The van der Waals surface area contributed by atoms with Crippen LogP contribution in [0, 0.1) is 0 Å². The molecule has 0 spiro atoms. The summed E-state index contributed by atoms with van der Waals surface area (Å²) in [6.07, 6.45) is 0. The summed E-state index contributed by atoms with van der Waals surface area (Å²) in [5.41, 5.74) is 0. The van der Waals surface area contributed by atoms with Crippen LogP contribution >= 0.6 is 0 Å². The maximum Gasteiger partial charge on any atom is 1.00 e. The Bertz CT molecular complexity index is 58.6. The summed E-state index contributed by atoms with van der Waals surface area (Å²) < 4.78 is 0. The van der Waals surface area contributed by atoms with Crippen molar-refractivity contribution in [2.45, 2.75) is 39.8 Å². The van der Waals surface area contributed by atoms with Crippen molar-refractivity contribution in [3.05, 3.63) is 0 Å². The van der Waals surface area contributed by atoms with E-state index in [2.05, 4.69) is 39.6 Å². The van der Waals surface area contributed by atoms with Crippen LogP contribution in [0.2, 0.25) is 0 Å².